The normalized spacial score (nSPS) is 14.1. The summed E-state index contributed by atoms with van der Waals surface area (Å²) < 4.78 is 50.2. The van der Waals surface area contributed by atoms with Crippen LogP contribution in [0.15, 0.2) is 63.8 Å². The van der Waals surface area contributed by atoms with Gasteiger partial charge in [0.05, 0.1) is 33.8 Å². The van der Waals surface area contributed by atoms with E-state index in [0.717, 1.165) is 22.9 Å². The third-order valence-corrected chi connectivity index (χ3v) is 5.49. The van der Waals surface area contributed by atoms with Gasteiger partial charge in [0.25, 0.3) is 0 Å². The van der Waals surface area contributed by atoms with Crippen LogP contribution in [-0.2, 0) is 12.7 Å². The Morgan fingerprint density at radius 2 is 1.73 bits per heavy atom. The van der Waals surface area contributed by atoms with E-state index in [4.69, 9.17) is 20.8 Å². The van der Waals surface area contributed by atoms with Crippen molar-refractivity contribution in [3.05, 3.63) is 81.2 Å². The molecule has 0 atom stereocenters. The SMILES string of the molecule is O=c1oc2c3c(ccc2c2ccccc12)OCN(c1ccc(C(F)(F)F)cc1Cl)C3. The third kappa shape index (κ3) is 2.97. The van der Waals surface area contributed by atoms with Crippen LogP contribution in [0, 0.1) is 0 Å². The van der Waals surface area contributed by atoms with Gasteiger partial charge in [-0.05, 0) is 41.8 Å². The summed E-state index contributed by atoms with van der Waals surface area (Å²) in [5.41, 5.74) is 0.144. The van der Waals surface area contributed by atoms with Gasteiger partial charge in [-0.15, -0.1) is 0 Å². The van der Waals surface area contributed by atoms with Gasteiger partial charge in [0.15, 0.2) is 6.73 Å². The van der Waals surface area contributed by atoms with Gasteiger partial charge < -0.3 is 14.1 Å². The smallest absolute Gasteiger partial charge is 0.416 e. The lowest BCUT2D eigenvalue weighted by Crippen LogP contribution is -2.32. The number of ether oxygens (including phenoxy) is 1. The van der Waals surface area contributed by atoms with Crippen LogP contribution in [0.3, 0.4) is 0 Å². The number of halogens is 4. The molecule has 0 amide bonds. The number of alkyl halides is 3. The van der Waals surface area contributed by atoms with E-state index < -0.39 is 17.4 Å². The Bertz CT molecular complexity index is 1360. The lowest BCUT2D eigenvalue weighted by atomic mass is 10.0. The topological polar surface area (TPSA) is 42.7 Å². The molecule has 1 aliphatic heterocycles. The molecule has 0 bridgehead atoms. The molecule has 30 heavy (non-hydrogen) atoms. The molecule has 0 fully saturated rings. The second-order valence-corrected chi connectivity index (χ2v) is 7.40. The molecule has 0 spiro atoms. The molecule has 0 aliphatic carbocycles. The summed E-state index contributed by atoms with van der Waals surface area (Å²) in [5.74, 6) is 0.556. The van der Waals surface area contributed by atoms with Crippen molar-refractivity contribution in [1.29, 1.82) is 0 Å². The van der Waals surface area contributed by atoms with Crippen LogP contribution >= 0.6 is 11.6 Å². The van der Waals surface area contributed by atoms with Crippen LogP contribution < -0.4 is 15.3 Å². The highest BCUT2D eigenvalue weighted by Gasteiger charge is 2.32. The minimum atomic E-state index is -4.48. The number of rotatable bonds is 1. The van der Waals surface area contributed by atoms with Crippen LogP contribution in [-0.4, -0.2) is 6.73 Å². The Labute approximate surface area is 173 Å². The van der Waals surface area contributed by atoms with E-state index in [2.05, 4.69) is 0 Å². The Balaban J connectivity index is 1.62. The van der Waals surface area contributed by atoms with Gasteiger partial charge >= 0.3 is 11.8 Å². The second kappa shape index (κ2) is 6.67. The minimum Gasteiger partial charge on any atom is -0.473 e. The van der Waals surface area contributed by atoms with Crippen molar-refractivity contribution in [1.82, 2.24) is 0 Å². The number of anilines is 1. The van der Waals surface area contributed by atoms with Crippen molar-refractivity contribution in [3.8, 4) is 5.75 Å². The monoisotopic (exact) mass is 431 g/mol. The highest BCUT2D eigenvalue weighted by atomic mass is 35.5. The summed E-state index contributed by atoms with van der Waals surface area (Å²) in [6.07, 6.45) is -4.48. The van der Waals surface area contributed by atoms with Crippen LogP contribution in [0.5, 0.6) is 5.75 Å². The van der Waals surface area contributed by atoms with Crippen molar-refractivity contribution in [3.63, 3.8) is 0 Å². The molecule has 0 unspecified atom stereocenters. The fraction of sp³-hybridized carbons (Fsp3) is 0.136. The molecule has 0 saturated carbocycles. The molecule has 0 radical (unpaired) electrons. The fourth-order valence-corrected chi connectivity index (χ4v) is 4.05. The average molecular weight is 432 g/mol. The summed E-state index contributed by atoms with van der Waals surface area (Å²) in [5, 5.41) is 1.96. The van der Waals surface area contributed by atoms with Crippen LogP contribution in [0.4, 0.5) is 18.9 Å². The zero-order valence-corrected chi connectivity index (χ0v) is 16.1. The van der Waals surface area contributed by atoms with E-state index in [1.165, 1.54) is 6.07 Å². The zero-order valence-electron chi connectivity index (χ0n) is 15.3. The van der Waals surface area contributed by atoms with Crippen LogP contribution in [0.1, 0.15) is 11.1 Å². The van der Waals surface area contributed by atoms with Crippen molar-refractivity contribution in [2.45, 2.75) is 12.7 Å². The van der Waals surface area contributed by atoms with Gasteiger partial charge in [-0.3, -0.25) is 0 Å². The molecule has 3 aromatic carbocycles. The molecule has 2 heterocycles. The summed E-state index contributed by atoms with van der Waals surface area (Å²) in [4.78, 5) is 14.2. The molecular weight excluding hydrogens is 419 g/mol. The second-order valence-electron chi connectivity index (χ2n) is 6.99. The summed E-state index contributed by atoms with van der Waals surface area (Å²) in [6, 6.07) is 14.0. The number of benzene rings is 3. The highest BCUT2D eigenvalue weighted by Crippen LogP contribution is 2.39. The van der Waals surface area contributed by atoms with Gasteiger partial charge in [0.2, 0.25) is 0 Å². The van der Waals surface area contributed by atoms with Gasteiger partial charge in [-0.1, -0.05) is 29.8 Å². The molecule has 0 saturated heterocycles. The summed E-state index contributed by atoms with van der Waals surface area (Å²) in [6.45, 7) is 0.362. The molecule has 1 aliphatic rings. The van der Waals surface area contributed by atoms with E-state index >= 15 is 0 Å². The standard InChI is InChI=1S/C22H13ClF3NO3/c23-17-9-12(22(24,25)26)5-7-18(17)27-10-16-19(29-11-27)8-6-14-13-3-1-2-4-15(13)21(28)30-20(14)16/h1-9H,10-11H2. The van der Waals surface area contributed by atoms with Crippen molar-refractivity contribution < 1.29 is 22.3 Å². The Hall–Kier alpha value is -3.19. The third-order valence-electron chi connectivity index (χ3n) is 5.19. The zero-order chi connectivity index (χ0) is 21.0. The fourth-order valence-electron chi connectivity index (χ4n) is 3.75. The van der Waals surface area contributed by atoms with E-state index in [1.54, 1.807) is 23.1 Å². The lowest BCUT2D eigenvalue weighted by Gasteiger charge is -2.31. The van der Waals surface area contributed by atoms with Crippen LogP contribution in [0.2, 0.25) is 5.02 Å². The number of hydrogen-bond donors (Lipinski definition) is 0. The largest absolute Gasteiger partial charge is 0.473 e. The lowest BCUT2D eigenvalue weighted by molar-refractivity contribution is -0.137. The molecular formula is C22H13ClF3NO3. The van der Waals surface area contributed by atoms with E-state index in [0.29, 0.717) is 28.0 Å². The Kier molecular flexibility index (Phi) is 4.18. The minimum absolute atomic E-state index is 0.0379. The molecule has 8 heteroatoms. The molecule has 152 valence electrons. The van der Waals surface area contributed by atoms with Crippen LogP contribution in [0.25, 0.3) is 21.7 Å². The maximum absolute atomic E-state index is 12.9. The molecule has 4 aromatic rings. The molecule has 5 rings (SSSR count). The van der Waals surface area contributed by atoms with Gasteiger partial charge in [0.1, 0.15) is 11.3 Å². The van der Waals surface area contributed by atoms with Gasteiger partial charge in [-0.2, -0.15) is 13.2 Å². The first-order chi connectivity index (χ1) is 14.3. The predicted octanol–water partition coefficient (Wildman–Crippen LogP) is 5.97. The molecule has 4 nitrogen and oxygen atoms in total. The first-order valence-electron chi connectivity index (χ1n) is 9.05. The maximum Gasteiger partial charge on any atom is 0.416 e. The molecule has 1 aromatic heterocycles. The molecule has 0 N–H and O–H groups in total. The number of hydrogen-bond acceptors (Lipinski definition) is 4. The number of fused-ring (bicyclic) bond motifs is 5. The van der Waals surface area contributed by atoms with E-state index in [9.17, 15) is 18.0 Å². The summed E-state index contributed by atoms with van der Waals surface area (Å²) >= 11 is 6.15. The van der Waals surface area contributed by atoms with Gasteiger partial charge in [0, 0.05) is 5.39 Å². The highest BCUT2D eigenvalue weighted by molar-refractivity contribution is 6.33. The van der Waals surface area contributed by atoms with Crippen molar-refractivity contribution in [2.75, 3.05) is 11.6 Å². The van der Waals surface area contributed by atoms with E-state index in [-0.39, 0.29) is 18.3 Å². The van der Waals surface area contributed by atoms with E-state index in [1.807, 2.05) is 18.2 Å². The first-order valence-corrected chi connectivity index (χ1v) is 9.42. The maximum atomic E-state index is 12.9. The number of nitrogens with zero attached hydrogens (tertiary/aromatic N) is 1. The quantitative estimate of drug-likeness (QED) is 0.275. The average Bonchev–Trinajstić information content (AvgIpc) is 2.73. The Morgan fingerprint density at radius 3 is 2.47 bits per heavy atom. The van der Waals surface area contributed by atoms with Gasteiger partial charge in [-0.25, -0.2) is 4.79 Å². The Morgan fingerprint density at radius 1 is 0.967 bits per heavy atom. The summed E-state index contributed by atoms with van der Waals surface area (Å²) in [7, 11) is 0. The van der Waals surface area contributed by atoms with Crippen molar-refractivity contribution in [2.24, 2.45) is 0 Å². The predicted molar refractivity (Wildman–Crippen MR) is 108 cm³/mol. The first kappa shape index (κ1) is 18.8. The van der Waals surface area contributed by atoms with Crippen molar-refractivity contribution >= 4 is 39.0 Å².